The van der Waals surface area contributed by atoms with Gasteiger partial charge in [0.1, 0.15) is 11.3 Å². The Balaban J connectivity index is 1.35. The summed E-state index contributed by atoms with van der Waals surface area (Å²) in [5, 5.41) is 7.90. The van der Waals surface area contributed by atoms with Crippen LogP contribution in [0.2, 0.25) is 0 Å². The highest BCUT2D eigenvalue weighted by Gasteiger charge is 2.45. The van der Waals surface area contributed by atoms with E-state index >= 15 is 0 Å². The van der Waals surface area contributed by atoms with E-state index in [9.17, 15) is 13.2 Å². The number of carbonyl (C=O) groups excluding carboxylic acids is 1. The SMILES string of the molecule is CC(C)S(=O)(=O)NCc1nnn2c1COC1(CCN(C(=O)CC3CCCCC3)C1)C2. The Morgan fingerprint density at radius 1 is 1.27 bits per heavy atom. The van der Waals surface area contributed by atoms with Gasteiger partial charge in [-0.3, -0.25) is 4.79 Å². The van der Waals surface area contributed by atoms with Gasteiger partial charge in [-0.1, -0.05) is 24.5 Å². The van der Waals surface area contributed by atoms with E-state index in [1.807, 2.05) is 9.58 Å². The molecule has 1 unspecified atom stereocenters. The Morgan fingerprint density at radius 3 is 2.77 bits per heavy atom. The third-order valence-corrected chi connectivity index (χ3v) is 8.58. The van der Waals surface area contributed by atoms with Crippen LogP contribution in [0, 0.1) is 5.92 Å². The molecule has 10 heteroatoms. The van der Waals surface area contributed by atoms with Gasteiger partial charge in [0, 0.05) is 13.0 Å². The fourth-order valence-corrected chi connectivity index (χ4v) is 5.41. The van der Waals surface area contributed by atoms with Crippen LogP contribution in [0.25, 0.3) is 0 Å². The van der Waals surface area contributed by atoms with Crippen molar-refractivity contribution in [2.75, 3.05) is 13.1 Å². The van der Waals surface area contributed by atoms with Gasteiger partial charge in [-0.05, 0) is 39.0 Å². The molecule has 1 saturated carbocycles. The molecule has 1 spiro atoms. The summed E-state index contributed by atoms with van der Waals surface area (Å²) < 4.78 is 34.6. The minimum atomic E-state index is -3.36. The number of nitrogens with one attached hydrogen (secondary N) is 1. The van der Waals surface area contributed by atoms with Crippen LogP contribution in [-0.2, 0) is 39.3 Å². The van der Waals surface area contributed by atoms with Crippen LogP contribution in [0.5, 0.6) is 0 Å². The third-order valence-electron chi connectivity index (χ3n) is 6.79. The predicted molar refractivity (Wildman–Crippen MR) is 111 cm³/mol. The van der Waals surface area contributed by atoms with Gasteiger partial charge in [0.05, 0.1) is 37.2 Å². The molecule has 1 N–H and O–H groups in total. The lowest BCUT2D eigenvalue weighted by Gasteiger charge is -2.34. The van der Waals surface area contributed by atoms with Gasteiger partial charge >= 0.3 is 0 Å². The van der Waals surface area contributed by atoms with E-state index in [1.54, 1.807) is 13.8 Å². The third kappa shape index (κ3) is 4.55. The van der Waals surface area contributed by atoms with Gasteiger partial charge in [-0.15, -0.1) is 5.10 Å². The molecule has 2 aliphatic heterocycles. The van der Waals surface area contributed by atoms with E-state index in [0.717, 1.165) is 18.7 Å². The lowest BCUT2D eigenvalue weighted by molar-refractivity contribution is -0.134. The number of hydrogen-bond acceptors (Lipinski definition) is 6. The van der Waals surface area contributed by atoms with Crippen molar-refractivity contribution >= 4 is 15.9 Å². The highest BCUT2D eigenvalue weighted by Crippen LogP contribution is 2.34. The number of aromatic nitrogens is 3. The predicted octanol–water partition coefficient (Wildman–Crippen LogP) is 1.58. The highest BCUT2D eigenvalue weighted by molar-refractivity contribution is 7.90. The largest absolute Gasteiger partial charge is 0.365 e. The Labute approximate surface area is 178 Å². The minimum absolute atomic E-state index is 0.109. The Hall–Kier alpha value is -1.52. The van der Waals surface area contributed by atoms with Crippen molar-refractivity contribution in [3.05, 3.63) is 11.4 Å². The molecule has 1 amide bonds. The summed E-state index contributed by atoms with van der Waals surface area (Å²) in [7, 11) is -3.36. The molecule has 1 atom stereocenters. The molecule has 0 aromatic carbocycles. The molecular formula is C20H33N5O4S. The lowest BCUT2D eigenvalue weighted by Crippen LogP contribution is -2.45. The summed E-state index contributed by atoms with van der Waals surface area (Å²) in [6.07, 6.45) is 7.58. The fraction of sp³-hybridized carbons (Fsp3) is 0.850. The van der Waals surface area contributed by atoms with Crippen molar-refractivity contribution < 1.29 is 17.9 Å². The summed E-state index contributed by atoms with van der Waals surface area (Å²) in [4.78, 5) is 14.7. The first-order valence-corrected chi connectivity index (χ1v) is 12.6. The molecule has 0 bridgehead atoms. The van der Waals surface area contributed by atoms with Crippen molar-refractivity contribution in [1.29, 1.82) is 0 Å². The van der Waals surface area contributed by atoms with Gasteiger partial charge in [0.15, 0.2) is 0 Å². The number of sulfonamides is 1. The molecule has 4 rings (SSSR count). The second-order valence-corrected chi connectivity index (χ2v) is 11.6. The number of likely N-dealkylation sites (tertiary alicyclic amines) is 1. The number of carbonyl (C=O) groups is 1. The maximum Gasteiger partial charge on any atom is 0.222 e. The molecule has 9 nitrogen and oxygen atoms in total. The monoisotopic (exact) mass is 439 g/mol. The summed E-state index contributed by atoms with van der Waals surface area (Å²) in [6, 6.07) is 0. The van der Waals surface area contributed by atoms with Crippen LogP contribution in [0.1, 0.15) is 70.2 Å². The maximum atomic E-state index is 12.8. The zero-order valence-corrected chi connectivity index (χ0v) is 18.8. The minimum Gasteiger partial charge on any atom is -0.365 e. The second kappa shape index (κ2) is 8.55. The van der Waals surface area contributed by atoms with E-state index in [4.69, 9.17) is 4.74 Å². The molecule has 1 aromatic rings. The molecule has 3 aliphatic rings. The van der Waals surface area contributed by atoms with Crippen LogP contribution in [0.3, 0.4) is 0 Å². The summed E-state index contributed by atoms with van der Waals surface area (Å²) in [5.41, 5.74) is 0.980. The van der Waals surface area contributed by atoms with Crippen molar-refractivity contribution in [1.82, 2.24) is 24.6 Å². The number of rotatable bonds is 6. The highest BCUT2D eigenvalue weighted by atomic mass is 32.2. The topological polar surface area (TPSA) is 106 Å². The quantitative estimate of drug-likeness (QED) is 0.721. The van der Waals surface area contributed by atoms with Gasteiger partial charge in [0.2, 0.25) is 15.9 Å². The molecule has 1 aliphatic carbocycles. The first-order valence-electron chi connectivity index (χ1n) is 11.1. The Morgan fingerprint density at radius 2 is 2.03 bits per heavy atom. The van der Waals surface area contributed by atoms with Crippen molar-refractivity contribution in [3.63, 3.8) is 0 Å². The number of nitrogens with zero attached hydrogens (tertiary/aromatic N) is 4. The van der Waals surface area contributed by atoms with E-state index < -0.39 is 20.9 Å². The molecule has 30 heavy (non-hydrogen) atoms. The molecule has 1 aromatic heterocycles. The average molecular weight is 440 g/mol. The van der Waals surface area contributed by atoms with Crippen LogP contribution in [-0.4, -0.2) is 58.2 Å². The second-order valence-electron chi connectivity index (χ2n) is 9.30. The van der Waals surface area contributed by atoms with Crippen LogP contribution in [0.4, 0.5) is 0 Å². The zero-order chi connectivity index (χ0) is 21.4. The average Bonchev–Trinajstić information content (AvgIpc) is 3.31. The van der Waals surface area contributed by atoms with E-state index in [1.165, 1.54) is 32.1 Å². The van der Waals surface area contributed by atoms with Gasteiger partial charge < -0.3 is 9.64 Å². The van der Waals surface area contributed by atoms with Crippen molar-refractivity contribution in [3.8, 4) is 0 Å². The number of amides is 1. The molecule has 168 valence electrons. The van der Waals surface area contributed by atoms with Crippen molar-refractivity contribution in [2.24, 2.45) is 5.92 Å². The molecule has 1 saturated heterocycles. The summed E-state index contributed by atoms with van der Waals surface area (Å²) >= 11 is 0. The lowest BCUT2D eigenvalue weighted by atomic mass is 9.86. The number of hydrogen-bond donors (Lipinski definition) is 1. The van der Waals surface area contributed by atoms with Crippen molar-refractivity contribution in [2.45, 2.75) is 89.3 Å². The first-order chi connectivity index (χ1) is 14.3. The summed E-state index contributed by atoms with van der Waals surface area (Å²) in [6.45, 7) is 5.56. The zero-order valence-electron chi connectivity index (χ0n) is 18.0. The van der Waals surface area contributed by atoms with Crippen LogP contribution < -0.4 is 4.72 Å². The molecule has 2 fully saturated rings. The van der Waals surface area contributed by atoms with Gasteiger partial charge in [-0.25, -0.2) is 17.8 Å². The van der Waals surface area contributed by atoms with E-state index in [2.05, 4.69) is 15.0 Å². The van der Waals surface area contributed by atoms with Gasteiger partial charge in [0.25, 0.3) is 0 Å². The molecular weight excluding hydrogens is 406 g/mol. The van der Waals surface area contributed by atoms with Gasteiger partial charge in [-0.2, -0.15) is 0 Å². The number of fused-ring (bicyclic) bond motifs is 1. The number of ether oxygens (including phenoxy) is 1. The standard InChI is InChI=1S/C20H33N5O4S/c1-15(2)30(27,28)21-11-17-18-12-29-20(14-25(18)23-22-17)8-9-24(13-20)19(26)10-16-6-4-3-5-7-16/h15-16,21H,3-14H2,1-2H3. The normalized spacial score (nSPS) is 25.2. The Kier molecular flexibility index (Phi) is 6.18. The summed E-state index contributed by atoms with van der Waals surface area (Å²) in [5.74, 6) is 0.782. The Bertz CT molecular complexity index is 878. The fourth-order valence-electron chi connectivity index (χ4n) is 4.74. The maximum absolute atomic E-state index is 12.8. The molecule has 3 heterocycles. The van der Waals surface area contributed by atoms with Crippen LogP contribution in [0.15, 0.2) is 0 Å². The van der Waals surface area contributed by atoms with Crippen LogP contribution >= 0.6 is 0 Å². The molecule has 0 radical (unpaired) electrons. The van der Waals surface area contributed by atoms with E-state index in [-0.39, 0.29) is 12.5 Å². The smallest absolute Gasteiger partial charge is 0.222 e. The first kappa shape index (κ1) is 21.7. The van der Waals surface area contributed by atoms with E-state index in [0.29, 0.717) is 37.7 Å².